The lowest BCUT2D eigenvalue weighted by molar-refractivity contribution is -1.00. The first kappa shape index (κ1) is 14.9. The number of thiazole rings is 1. The zero-order valence-electron chi connectivity index (χ0n) is 13.4. The Labute approximate surface area is 140 Å². The topological polar surface area (TPSA) is 55.4 Å². The van der Waals surface area contributed by atoms with Crippen LogP contribution in [0.3, 0.4) is 0 Å². The van der Waals surface area contributed by atoms with Gasteiger partial charge in [-0.15, -0.1) is 0 Å². The van der Waals surface area contributed by atoms with Gasteiger partial charge in [-0.1, -0.05) is 36.3 Å². The van der Waals surface area contributed by atoms with Crippen LogP contribution in [0.15, 0.2) is 24.3 Å². The quantitative estimate of drug-likeness (QED) is 0.598. The minimum absolute atomic E-state index is 0.807. The van der Waals surface area contributed by atoms with Gasteiger partial charge in [0.15, 0.2) is 13.3 Å². The van der Waals surface area contributed by atoms with Crippen LogP contribution in [-0.2, 0) is 0 Å². The molecule has 2 heterocycles. The maximum absolute atomic E-state index is 4.63. The van der Waals surface area contributed by atoms with E-state index in [-0.39, 0.29) is 0 Å². The van der Waals surface area contributed by atoms with Crippen LogP contribution in [-0.4, -0.2) is 30.3 Å². The Kier molecular flexibility index (Phi) is 4.43. The molecule has 4 N–H and O–H groups in total. The SMILES string of the molecule is c1ccc2sc(NC3=[NH+]C[NH+](C4CCCCCC4)CN3)nc2c1. The van der Waals surface area contributed by atoms with E-state index < -0.39 is 0 Å². The van der Waals surface area contributed by atoms with Gasteiger partial charge in [-0.25, -0.2) is 20.6 Å². The molecule has 0 radical (unpaired) electrons. The lowest BCUT2D eigenvalue weighted by Crippen LogP contribution is -3.26. The van der Waals surface area contributed by atoms with Gasteiger partial charge in [0.05, 0.1) is 16.3 Å². The number of hydrogen-bond acceptors (Lipinski definition) is 4. The minimum Gasteiger partial charge on any atom is -0.274 e. The molecular formula is C17H25N5S+2. The van der Waals surface area contributed by atoms with Crippen LogP contribution < -0.4 is 20.5 Å². The third-order valence-corrected chi connectivity index (χ3v) is 5.89. The molecule has 23 heavy (non-hydrogen) atoms. The third kappa shape index (κ3) is 3.48. The molecule has 1 saturated carbocycles. The van der Waals surface area contributed by atoms with Crippen molar-refractivity contribution in [1.82, 2.24) is 10.3 Å². The van der Waals surface area contributed by atoms with Gasteiger partial charge in [-0.05, 0) is 37.8 Å². The van der Waals surface area contributed by atoms with Gasteiger partial charge in [0.2, 0.25) is 0 Å². The summed E-state index contributed by atoms with van der Waals surface area (Å²) < 4.78 is 1.22. The van der Waals surface area contributed by atoms with Gasteiger partial charge < -0.3 is 0 Å². The highest BCUT2D eigenvalue weighted by molar-refractivity contribution is 7.22. The Bertz CT molecular complexity index is 654. The normalized spacial score (nSPS) is 23.1. The predicted molar refractivity (Wildman–Crippen MR) is 94.5 cm³/mol. The van der Waals surface area contributed by atoms with Crippen molar-refractivity contribution >= 4 is 32.6 Å². The summed E-state index contributed by atoms with van der Waals surface area (Å²) in [5.74, 6) is 0.987. The van der Waals surface area contributed by atoms with Gasteiger partial charge in [-0.3, -0.25) is 4.90 Å². The largest absolute Gasteiger partial charge is 0.359 e. The number of rotatable bonds is 2. The number of quaternary nitrogens is 1. The Morgan fingerprint density at radius 2 is 2.00 bits per heavy atom. The molecule has 0 spiro atoms. The number of nitrogens with one attached hydrogen (secondary N) is 4. The maximum atomic E-state index is 4.63. The molecule has 4 rings (SSSR count). The Morgan fingerprint density at radius 1 is 1.17 bits per heavy atom. The van der Waals surface area contributed by atoms with E-state index in [1.165, 1.54) is 43.2 Å². The smallest absolute Gasteiger partial charge is 0.274 e. The van der Waals surface area contributed by atoms with E-state index in [1.54, 1.807) is 16.2 Å². The number of anilines is 1. The molecule has 1 atom stereocenters. The summed E-state index contributed by atoms with van der Waals surface area (Å²) in [7, 11) is 0. The van der Waals surface area contributed by atoms with E-state index >= 15 is 0 Å². The Morgan fingerprint density at radius 3 is 2.74 bits per heavy atom. The van der Waals surface area contributed by atoms with E-state index in [0.29, 0.717) is 0 Å². The van der Waals surface area contributed by atoms with Crippen molar-refractivity contribution in [2.24, 2.45) is 0 Å². The average molecular weight is 331 g/mol. The standard InChI is InChI=1S/C17H23N5S/c1-2-4-8-13(7-3-1)22-11-18-16(19-12-22)21-17-20-14-9-5-6-10-15(14)23-17/h5-6,9-10,13H,1-4,7-8,11-12H2,(H2,18,19,20,21)/p+2. The summed E-state index contributed by atoms with van der Waals surface area (Å²) in [5, 5.41) is 7.84. The number of hydrogen-bond donors (Lipinski definition) is 4. The summed E-state index contributed by atoms with van der Waals surface area (Å²) in [6, 6.07) is 9.07. The van der Waals surface area contributed by atoms with Crippen LogP contribution in [0.25, 0.3) is 10.2 Å². The van der Waals surface area contributed by atoms with Crippen molar-refractivity contribution in [3.8, 4) is 0 Å². The summed E-state index contributed by atoms with van der Waals surface area (Å²) in [6.07, 6.45) is 8.38. The fourth-order valence-electron chi connectivity index (χ4n) is 3.63. The average Bonchev–Trinajstić information content (AvgIpc) is 2.80. The van der Waals surface area contributed by atoms with Gasteiger partial charge in [0.25, 0.3) is 5.13 Å². The summed E-state index contributed by atoms with van der Waals surface area (Å²) in [6.45, 7) is 1.98. The van der Waals surface area contributed by atoms with Gasteiger partial charge >= 0.3 is 5.96 Å². The molecule has 2 aromatic rings. The summed E-state index contributed by atoms with van der Waals surface area (Å²) in [4.78, 5) is 9.77. The van der Waals surface area contributed by atoms with E-state index in [0.717, 1.165) is 36.0 Å². The predicted octanol–water partition coefficient (Wildman–Crippen LogP) is 0.271. The van der Waals surface area contributed by atoms with Crippen molar-refractivity contribution in [3.05, 3.63) is 24.3 Å². The third-order valence-electron chi connectivity index (χ3n) is 4.94. The first-order valence-electron chi connectivity index (χ1n) is 8.70. The molecule has 5 nitrogen and oxygen atoms in total. The summed E-state index contributed by atoms with van der Waals surface area (Å²) in [5.41, 5.74) is 1.06. The van der Waals surface area contributed by atoms with Crippen LogP contribution in [0.1, 0.15) is 38.5 Å². The molecule has 0 bridgehead atoms. The number of nitrogens with zero attached hydrogens (tertiary/aromatic N) is 1. The highest BCUT2D eigenvalue weighted by Crippen LogP contribution is 2.24. The van der Waals surface area contributed by atoms with Crippen LogP contribution in [0, 0.1) is 0 Å². The molecule has 6 heteroatoms. The first-order chi connectivity index (χ1) is 11.4. The number of guanidine groups is 1. The van der Waals surface area contributed by atoms with Crippen LogP contribution >= 0.6 is 11.3 Å². The zero-order valence-corrected chi connectivity index (χ0v) is 14.2. The first-order valence-corrected chi connectivity index (χ1v) is 9.52. The van der Waals surface area contributed by atoms with Crippen molar-refractivity contribution < 1.29 is 9.89 Å². The lowest BCUT2D eigenvalue weighted by atomic mass is 10.1. The van der Waals surface area contributed by atoms with Crippen LogP contribution in [0.2, 0.25) is 0 Å². The second kappa shape index (κ2) is 6.84. The molecule has 1 aromatic heterocycles. The monoisotopic (exact) mass is 331 g/mol. The van der Waals surface area contributed by atoms with Crippen molar-refractivity contribution in [2.75, 3.05) is 18.7 Å². The lowest BCUT2D eigenvalue weighted by Gasteiger charge is -2.27. The fourth-order valence-corrected chi connectivity index (χ4v) is 4.50. The van der Waals surface area contributed by atoms with E-state index in [9.17, 15) is 0 Å². The van der Waals surface area contributed by atoms with E-state index in [4.69, 9.17) is 0 Å². The number of benzene rings is 1. The molecule has 122 valence electrons. The molecule has 2 aliphatic rings. The second-order valence-electron chi connectivity index (χ2n) is 6.54. The zero-order chi connectivity index (χ0) is 15.5. The molecule has 1 aromatic carbocycles. The Balaban J connectivity index is 1.39. The molecule has 1 aliphatic carbocycles. The molecule has 0 saturated heterocycles. The van der Waals surface area contributed by atoms with Crippen LogP contribution in [0.4, 0.5) is 5.13 Å². The van der Waals surface area contributed by atoms with E-state index in [1.807, 2.05) is 6.07 Å². The highest BCUT2D eigenvalue weighted by atomic mass is 32.1. The number of para-hydroxylation sites is 1. The summed E-state index contributed by atoms with van der Waals surface area (Å²) >= 11 is 1.69. The molecule has 1 aliphatic heterocycles. The molecule has 1 fully saturated rings. The number of fused-ring (bicyclic) bond motifs is 1. The molecular weight excluding hydrogens is 306 g/mol. The molecule has 1 unspecified atom stereocenters. The van der Waals surface area contributed by atoms with Crippen molar-refractivity contribution in [1.29, 1.82) is 0 Å². The molecule has 0 amide bonds. The van der Waals surface area contributed by atoms with Gasteiger partial charge in [0, 0.05) is 0 Å². The fraction of sp³-hybridized carbons (Fsp3) is 0.529. The van der Waals surface area contributed by atoms with Gasteiger partial charge in [0.1, 0.15) is 0 Å². The minimum atomic E-state index is 0.807. The second-order valence-corrected chi connectivity index (χ2v) is 7.57. The maximum Gasteiger partial charge on any atom is 0.359 e. The highest BCUT2D eigenvalue weighted by Gasteiger charge is 2.28. The number of aromatic nitrogens is 1. The Hall–Kier alpha value is -1.66. The van der Waals surface area contributed by atoms with Crippen molar-refractivity contribution in [3.63, 3.8) is 0 Å². The van der Waals surface area contributed by atoms with Crippen molar-refractivity contribution in [2.45, 2.75) is 44.6 Å². The van der Waals surface area contributed by atoms with Gasteiger partial charge in [-0.2, -0.15) is 0 Å². The van der Waals surface area contributed by atoms with E-state index in [2.05, 4.69) is 38.8 Å². The van der Waals surface area contributed by atoms with Crippen LogP contribution in [0.5, 0.6) is 0 Å².